The first kappa shape index (κ1) is 17.6. The van der Waals surface area contributed by atoms with E-state index in [1.165, 1.54) is 0 Å². The number of nitrogens with one attached hydrogen (secondary N) is 1. The van der Waals surface area contributed by atoms with Crippen LogP contribution in [0.2, 0.25) is 0 Å². The number of ether oxygens (including phenoxy) is 2. The first-order chi connectivity index (χ1) is 10.2. The number of rotatable bonds is 11. The van der Waals surface area contributed by atoms with E-state index in [1.807, 2.05) is 37.3 Å². The van der Waals surface area contributed by atoms with E-state index in [2.05, 4.69) is 5.32 Å². The lowest BCUT2D eigenvalue weighted by Gasteiger charge is -2.32. The van der Waals surface area contributed by atoms with Crippen LogP contribution in [-0.4, -0.2) is 39.4 Å². The highest BCUT2D eigenvalue weighted by atomic mass is 16.5. The van der Waals surface area contributed by atoms with E-state index in [-0.39, 0.29) is 5.91 Å². The number of primary amides is 1. The fourth-order valence-electron chi connectivity index (χ4n) is 2.34. The van der Waals surface area contributed by atoms with E-state index in [0.717, 1.165) is 12.0 Å². The zero-order chi connectivity index (χ0) is 15.6. The normalized spacial score (nSPS) is 13.8. The van der Waals surface area contributed by atoms with Gasteiger partial charge < -0.3 is 15.2 Å². The van der Waals surface area contributed by atoms with Crippen molar-refractivity contribution < 1.29 is 14.3 Å². The molecule has 0 fully saturated rings. The summed E-state index contributed by atoms with van der Waals surface area (Å²) in [5.41, 5.74) is 5.67. The highest BCUT2D eigenvalue weighted by Gasteiger charge is 2.37. The van der Waals surface area contributed by atoms with Crippen LogP contribution in [0, 0.1) is 0 Å². The van der Waals surface area contributed by atoms with Crippen LogP contribution in [0.25, 0.3) is 0 Å². The van der Waals surface area contributed by atoms with Crippen molar-refractivity contribution in [3.8, 4) is 0 Å². The summed E-state index contributed by atoms with van der Waals surface area (Å²) in [6, 6.07) is 9.56. The van der Waals surface area contributed by atoms with Crippen LogP contribution >= 0.6 is 0 Å². The molecule has 3 N–H and O–H groups in total. The van der Waals surface area contributed by atoms with Gasteiger partial charge in [-0.25, -0.2) is 0 Å². The van der Waals surface area contributed by atoms with Crippen molar-refractivity contribution in [3.63, 3.8) is 0 Å². The molecule has 0 aliphatic heterocycles. The molecule has 118 valence electrons. The van der Waals surface area contributed by atoms with Crippen molar-refractivity contribution in [2.45, 2.75) is 25.3 Å². The topological polar surface area (TPSA) is 73.6 Å². The minimum absolute atomic E-state index is 0.379. The molecular weight excluding hydrogens is 268 g/mol. The third-order valence-electron chi connectivity index (χ3n) is 3.42. The van der Waals surface area contributed by atoms with Crippen molar-refractivity contribution in [3.05, 3.63) is 35.9 Å². The van der Waals surface area contributed by atoms with Crippen molar-refractivity contribution in [2.75, 3.05) is 33.5 Å². The molecule has 0 heterocycles. The number of nitrogens with two attached hydrogens (primary N) is 1. The maximum atomic E-state index is 12.1. The molecule has 1 amide bonds. The zero-order valence-electron chi connectivity index (χ0n) is 12.9. The highest BCUT2D eigenvalue weighted by molar-refractivity contribution is 5.86. The quantitative estimate of drug-likeness (QED) is 0.605. The van der Waals surface area contributed by atoms with Crippen LogP contribution in [0.1, 0.15) is 25.3 Å². The summed E-state index contributed by atoms with van der Waals surface area (Å²) in [4.78, 5) is 12.1. The number of hydrogen-bond acceptors (Lipinski definition) is 4. The Bertz CT molecular complexity index is 411. The molecule has 0 saturated carbocycles. The van der Waals surface area contributed by atoms with Gasteiger partial charge in [0.05, 0.1) is 0 Å². The molecule has 0 aliphatic rings. The Hall–Kier alpha value is -1.43. The summed E-state index contributed by atoms with van der Waals surface area (Å²) in [6.45, 7) is 4.37. The summed E-state index contributed by atoms with van der Waals surface area (Å²) in [5.74, 6) is -0.379. The number of methoxy groups -OCH3 is 1. The molecule has 0 radical (unpaired) electrons. The van der Waals surface area contributed by atoms with E-state index in [0.29, 0.717) is 32.8 Å². The lowest BCUT2D eigenvalue weighted by molar-refractivity contribution is -0.125. The van der Waals surface area contributed by atoms with Crippen LogP contribution in [0.5, 0.6) is 0 Å². The smallest absolute Gasteiger partial charge is 0.242 e. The summed E-state index contributed by atoms with van der Waals surface area (Å²) in [6.07, 6.45) is 1.35. The average Bonchev–Trinajstić information content (AvgIpc) is 2.50. The Morgan fingerprint density at radius 3 is 2.52 bits per heavy atom. The Kier molecular flexibility index (Phi) is 7.97. The van der Waals surface area contributed by atoms with Crippen LogP contribution in [0.15, 0.2) is 30.3 Å². The highest BCUT2D eigenvalue weighted by Crippen LogP contribution is 2.25. The van der Waals surface area contributed by atoms with Crippen LogP contribution in [-0.2, 0) is 19.8 Å². The molecule has 5 nitrogen and oxygen atoms in total. The maximum absolute atomic E-state index is 12.1. The molecule has 1 rings (SSSR count). The van der Waals surface area contributed by atoms with Crippen LogP contribution < -0.4 is 11.1 Å². The molecule has 5 heteroatoms. The molecule has 21 heavy (non-hydrogen) atoms. The second-order valence-corrected chi connectivity index (χ2v) is 4.87. The number of hydrogen-bond donors (Lipinski definition) is 2. The molecular formula is C16H26N2O3. The summed E-state index contributed by atoms with van der Waals surface area (Å²) < 4.78 is 10.6. The lowest BCUT2D eigenvalue weighted by atomic mass is 9.86. The number of benzene rings is 1. The van der Waals surface area contributed by atoms with Crippen LogP contribution in [0.4, 0.5) is 0 Å². The number of carbonyl (C=O) groups excluding carboxylic acids is 1. The van der Waals surface area contributed by atoms with E-state index >= 15 is 0 Å². The number of carbonyl (C=O) groups is 1. The summed E-state index contributed by atoms with van der Waals surface area (Å²) in [5, 5.41) is 3.23. The number of likely N-dealkylation sites (N-methyl/N-ethyl adjacent to an activating group) is 1. The Labute approximate surface area is 126 Å². The predicted octanol–water partition coefficient (Wildman–Crippen LogP) is 1.42. The minimum Gasteiger partial charge on any atom is -0.385 e. The van der Waals surface area contributed by atoms with E-state index in [9.17, 15) is 4.79 Å². The lowest BCUT2D eigenvalue weighted by Crippen LogP contribution is -2.53. The molecule has 0 aromatic heterocycles. The zero-order valence-corrected chi connectivity index (χ0v) is 12.9. The van der Waals surface area contributed by atoms with Gasteiger partial charge in [-0.3, -0.25) is 10.1 Å². The minimum atomic E-state index is -0.878. The molecule has 1 unspecified atom stereocenters. The first-order valence-corrected chi connectivity index (χ1v) is 7.34. The fourth-order valence-corrected chi connectivity index (χ4v) is 2.34. The summed E-state index contributed by atoms with van der Waals surface area (Å²) >= 11 is 0. The standard InChI is InChI=1S/C16H26N2O3/c1-3-18-16(15(17)19,14-8-5-4-6-9-14)10-13-21-12-7-11-20-2/h4-6,8-9,18H,3,7,10-13H2,1-2H3,(H2,17,19). The van der Waals surface area contributed by atoms with Gasteiger partial charge in [0.25, 0.3) is 0 Å². The first-order valence-electron chi connectivity index (χ1n) is 7.34. The second-order valence-electron chi connectivity index (χ2n) is 4.87. The Morgan fingerprint density at radius 1 is 1.24 bits per heavy atom. The Morgan fingerprint density at radius 2 is 1.95 bits per heavy atom. The second kappa shape index (κ2) is 9.50. The summed E-state index contributed by atoms with van der Waals surface area (Å²) in [7, 11) is 1.67. The largest absolute Gasteiger partial charge is 0.385 e. The monoisotopic (exact) mass is 294 g/mol. The van der Waals surface area contributed by atoms with Gasteiger partial charge in [-0.05, 0) is 18.5 Å². The number of amides is 1. The van der Waals surface area contributed by atoms with Gasteiger partial charge in [-0.15, -0.1) is 0 Å². The van der Waals surface area contributed by atoms with Crippen molar-refractivity contribution >= 4 is 5.91 Å². The van der Waals surface area contributed by atoms with E-state index in [1.54, 1.807) is 7.11 Å². The van der Waals surface area contributed by atoms with Crippen molar-refractivity contribution in [1.29, 1.82) is 0 Å². The van der Waals surface area contributed by atoms with Gasteiger partial charge in [-0.1, -0.05) is 37.3 Å². The van der Waals surface area contributed by atoms with Crippen molar-refractivity contribution in [2.24, 2.45) is 5.73 Å². The molecule has 0 spiro atoms. The molecule has 0 saturated heterocycles. The maximum Gasteiger partial charge on any atom is 0.242 e. The average molecular weight is 294 g/mol. The van der Waals surface area contributed by atoms with E-state index in [4.69, 9.17) is 15.2 Å². The van der Waals surface area contributed by atoms with Gasteiger partial charge in [0.2, 0.25) is 5.91 Å². The predicted molar refractivity (Wildman–Crippen MR) is 82.9 cm³/mol. The molecule has 0 bridgehead atoms. The third-order valence-corrected chi connectivity index (χ3v) is 3.42. The van der Waals surface area contributed by atoms with Gasteiger partial charge in [-0.2, -0.15) is 0 Å². The SMILES string of the molecule is CCNC(CCOCCCOC)(C(N)=O)c1ccccc1. The van der Waals surface area contributed by atoms with Crippen molar-refractivity contribution in [1.82, 2.24) is 5.32 Å². The third kappa shape index (κ3) is 5.12. The van der Waals surface area contributed by atoms with Gasteiger partial charge >= 0.3 is 0 Å². The Balaban J connectivity index is 2.71. The van der Waals surface area contributed by atoms with Crippen LogP contribution in [0.3, 0.4) is 0 Å². The van der Waals surface area contributed by atoms with Gasteiger partial charge in [0.15, 0.2) is 0 Å². The molecule has 0 aliphatic carbocycles. The molecule has 1 aromatic rings. The van der Waals surface area contributed by atoms with E-state index < -0.39 is 5.54 Å². The van der Waals surface area contributed by atoms with Gasteiger partial charge in [0.1, 0.15) is 5.54 Å². The molecule has 1 aromatic carbocycles. The molecule has 1 atom stereocenters. The fraction of sp³-hybridized carbons (Fsp3) is 0.562. The van der Waals surface area contributed by atoms with Gasteiger partial charge in [0, 0.05) is 33.4 Å².